The van der Waals surface area contributed by atoms with Gasteiger partial charge in [-0.05, 0) is 105 Å². The van der Waals surface area contributed by atoms with E-state index in [2.05, 4.69) is 217 Å². The van der Waals surface area contributed by atoms with Crippen LogP contribution < -0.4 is 4.90 Å². The van der Waals surface area contributed by atoms with E-state index in [1.807, 2.05) is 0 Å². The summed E-state index contributed by atoms with van der Waals surface area (Å²) in [6, 6.07) is 70.8. The van der Waals surface area contributed by atoms with Gasteiger partial charge in [-0.25, -0.2) is 0 Å². The van der Waals surface area contributed by atoms with Crippen molar-refractivity contribution in [3.05, 3.63) is 205 Å². The Labute approximate surface area is 310 Å². The van der Waals surface area contributed by atoms with Crippen LogP contribution in [0, 0.1) is 0 Å². The van der Waals surface area contributed by atoms with Crippen molar-refractivity contribution >= 4 is 38.9 Å². The SMILES string of the molecule is CC1(C)c2ccc(N(c3ccc(-c4ccccc4)cc3)c3ccc(-n4c5ccccc5c5ccccc54)cc3)cc2-c2c(-c3ccccc3)cccc21. The molecule has 0 bridgehead atoms. The van der Waals surface area contributed by atoms with E-state index in [1.165, 1.54) is 66.3 Å². The summed E-state index contributed by atoms with van der Waals surface area (Å²) in [7, 11) is 0. The Bertz CT molecular complexity index is 2720. The lowest BCUT2D eigenvalue weighted by atomic mass is 9.82. The van der Waals surface area contributed by atoms with Crippen molar-refractivity contribution in [2.45, 2.75) is 19.3 Å². The Balaban J connectivity index is 1.14. The molecule has 252 valence electrons. The van der Waals surface area contributed by atoms with Crippen LogP contribution in [0.4, 0.5) is 17.1 Å². The fourth-order valence-corrected chi connectivity index (χ4v) is 8.62. The molecule has 0 N–H and O–H groups in total. The van der Waals surface area contributed by atoms with Crippen LogP contribution in [-0.2, 0) is 5.41 Å². The van der Waals surface area contributed by atoms with Gasteiger partial charge in [-0.1, -0.05) is 147 Å². The van der Waals surface area contributed by atoms with Gasteiger partial charge in [0.15, 0.2) is 0 Å². The number of anilines is 3. The third-order valence-corrected chi connectivity index (χ3v) is 11.2. The van der Waals surface area contributed by atoms with E-state index in [9.17, 15) is 0 Å². The summed E-state index contributed by atoms with van der Waals surface area (Å²) in [5, 5.41) is 2.53. The first-order valence-electron chi connectivity index (χ1n) is 18.4. The molecule has 0 saturated heterocycles. The van der Waals surface area contributed by atoms with Crippen LogP contribution in [-0.4, -0.2) is 4.57 Å². The van der Waals surface area contributed by atoms with E-state index in [0.717, 1.165) is 22.7 Å². The highest BCUT2D eigenvalue weighted by Gasteiger charge is 2.37. The zero-order chi connectivity index (χ0) is 35.5. The highest BCUT2D eigenvalue weighted by Crippen LogP contribution is 2.53. The van der Waals surface area contributed by atoms with Gasteiger partial charge >= 0.3 is 0 Å². The summed E-state index contributed by atoms with van der Waals surface area (Å²) < 4.78 is 2.38. The fourth-order valence-electron chi connectivity index (χ4n) is 8.62. The molecule has 1 aromatic heterocycles. The van der Waals surface area contributed by atoms with Crippen LogP contribution in [0.5, 0.6) is 0 Å². The van der Waals surface area contributed by atoms with Gasteiger partial charge in [0, 0.05) is 38.9 Å². The van der Waals surface area contributed by atoms with Crippen LogP contribution in [0.25, 0.3) is 60.9 Å². The second kappa shape index (κ2) is 12.3. The largest absolute Gasteiger partial charge is 0.310 e. The van der Waals surface area contributed by atoms with Gasteiger partial charge in [-0.15, -0.1) is 0 Å². The molecule has 0 amide bonds. The average Bonchev–Trinajstić information content (AvgIpc) is 3.67. The first kappa shape index (κ1) is 31.1. The van der Waals surface area contributed by atoms with E-state index in [4.69, 9.17) is 0 Å². The van der Waals surface area contributed by atoms with Crippen LogP contribution in [0.3, 0.4) is 0 Å². The number of benzene rings is 8. The molecule has 1 aliphatic rings. The molecule has 0 unspecified atom stereocenters. The Kier molecular flexibility index (Phi) is 7.19. The predicted octanol–water partition coefficient (Wildman–Crippen LogP) is 13.9. The van der Waals surface area contributed by atoms with E-state index >= 15 is 0 Å². The lowest BCUT2D eigenvalue weighted by Crippen LogP contribution is -2.15. The third kappa shape index (κ3) is 5.02. The second-order valence-electron chi connectivity index (χ2n) is 14.6. The standard InChI is InChI=1S/C51H38N2/c1-51(2)46-33-32-41(34-45(46)50-42(20-13-21-47(50)51)37-16-7-4-8-17-37)52(38-26-24-36(25-27-38)35-14-5-3-6-15-35)39-28-30-40(31-29-39)53-48-22-11-9-18-43(48)44-19-10-12-23-49(44)53/h3-34H,1-2H3. The first-order chi connectivity index (χ1) is 26.1. The molecule has 1 aliphatic carbocycles. The summed E-state index contributed by atoms with van der Waals surface area (Å²) in [5.74, 6) is 0. The summed E-state index contributed by atoms with van der Waals surface area (Å²) >= 11 is 0. The average molecular weight is 679 g/mol. The van der Waals surface area contributed by atoms with E-state index in [1.54, 1.807) is 0 Å². The molecule has 0 aliphatic heterocycles. The van der Waals surface area contributed by atoms with E-state index in [-0.39, 0.29) is 5.41 Å². The van der Waals surface area contributed by atoms with Crippen molar-refractivity contribution in [3.63, 3.8) is 0 Å². The van der Waals surface area contributed by atoms with Gasteiger partial charge in [0.05, 0.1) is 11.0 Å². The van der Waals surface area contributed by atoms with E-state index in [0.29, 0.717) is 0 Å². The van der Waals surface area contributed by atoms with Gasteiger partial charge in [0.2, 0.25) is 0 Å². The lowest BCUT2D eigenvalue weighted by molar-refractivity contribution is 0.660. The predicted molar refractivity (Wildman–Crippen MR) is 224 cm³/mol. The topological polar surface area (TPSA) is 8.17 Å². The Morgan fingerprint density at radius 2 is 0.925 bits per heavy atom. The maximum Gasteiger partial charge on any atom is 0.0541 e. The number of rotatable bonds is 6. The number of nitrogens with zero attached hydrogens (tertiary/aromatic N) is 2. The molecule has 0 spiro atoms. The smallest absolute Gasteiger partial charge is 0.0541 e. The molecule has 0 saturated carbocycles. The molecule has 53 heavy (non-hydrogen) atoms. The zero-order valence-electron chi connectivity index (χ0n) is 29.9. The van der Waals surface area contributed by atoms with Crippen LogP contribution in [0.15, 0.2) is 194 Å². The third-order valence-electron chi connectivity index (χ3n) is 11.2. The summed E-state index contributed by atoms with van der Waals surface area (Å²) in [6.45, 7) is 4.72. The van der Waals surface area contributed by atoms with Crippen LogP contribution in [0.1, 0.15) is 25.0 Å². The maximum atomic E-state index is 2.42. The Morgan fingerprint density at radius 3 is 1.57 bits per heavy atom. The number of aromatic nitrogens is 1. The minimum Gasteiger partial charge on any atom is -0.310 e. The summed E-state index contributed by atoms with van der Waals surface area (Å²) in [4.78, 5) is 2.40. The van der Waals surface area contributed by atoms with Crippen molar-refractivity contribution in [1.29, 1.82) is 0 Å². The second-order valence-corrected chi connectivity index (χ2v) is 14.6. The molecule has 1 heterocycles. The minimum atomic E-state index is -0.111. The summed E-state index contributed by atoms with van der Waals surface area (Å²) in [5.41, 5.74) is 17.1. The van der Waals surface area contributed by atoms with Crippen molar-refractivity contribution in [2.75, 3.05) is 4.90 Å². The maximum absolute atomic E-state index is 2.42. The highest BCUT2D eigenvalue weighted by atomic mass is 15.1. The van der Waals surface area contributed by atoms with Crippen LogP contribution >= 0.6 is 0 Å². The molecule has 0 fully saturated rings. The fraction of sp³-hybridized carbons (Fsp3) is 0.0588. The lowest BCUT2D eigenvalue weighted by Gasteiger charge is -2.27. The molecule has 2 heteroatoms. The molecule has 0 atom stereocenters. The monoisotopic (exact) mass is 678 g/mol. The number of fused-ring (bicyclic) bond motifs is 6. The first-order valence-corrected chi connectivity index (χ1v) is 18.4. The Hall–Kier alpha value is -6.64. The van der Waals surface area contributed by atoms with Crippen molar-refractivity contribution in [3.8, 4) is 39.1 Å². The molecular formula is C51H38N2. The van der Waals surface area contributed by atoms with Gasteiger partial charge in [-0.2, -0.15) is 0 Å². The molecule has 8 aromatic carbocycles. The number of para-hydroxylation sites is 2. The molecule has 10 rings (SSSR count). The quantitative estimate of drug-likeness (QED) is 0.170. The normalized spacial score (nSPS) is 12.9. The van der Waals surface area contributed by atoms with Gasteiger partial charge < -0.3 is 9.47 Å². The highest BCUT2D eigenvalue weighted by molar-refractivity contribution is 6.09. The number of hydrogen-bond donors (Lipinski definition) is 0. The van der Waals surface area contributed by atoms with Crippen molar-refractivity contribution in [2.24, 2.45) is 0 Å². The van der Waals surface area contributed by atoms with E-state index < -0.39 is 0 Å². The van der Waals surface area contributed by atoms with Gasteiger partial charge in [-0.3, -0.25) is 0 Å². The van der Waals surface area contributed by atoms with Gasteiger partial charge in [0.1, 0.15) is 0 Å². The molecule has 9 aromatic rings. The van der Waals surface area contributed by atoms with Gasteiger partial charge in [0.25, 0.3) is 0 Å². The van der Waals surface area contributed by atoms with Crippen molar-refractivity contribution < 1.29 is 0 Å². The minimum absolute atomic E-state index is 0.111. The zero-order valence-corrected chi connectivity index (χ0v) is 29.9. The Morgan fingerprint density at radius 1 is 0.396 bits per heavy atom. The molecule has 0 radical (unpaired) electrons. The summed E-state index contributed by atoms with van der Waals surface area (Å²) in [6.07, 6.45) is 0. The molecular weight excluding hydrogens is 641 g/mol. The number of hydrogen-bond acceptors (Lipinski definition) is 1. The molecule has 2 nitrogen and oxygen atoms in total. The van der Waals surface area contributed by atoms with Crippen LogP contribution in [0.2, 0.25) is 0 Å². The van der Waals surface area contributed by atoms with Crippen molar-refractivity contribution in [1.82, 2.24) is 4.57 Å².